The second-order valence-corrected chi connectivity index (χ2v) is 4.92. The van der Waals surface area contributed by atoms with E-state index in [2.05, 4.69) is 17.6 Å². The van der Waals surface area contributed by atoms with Crippen molar-refractivity contribution in [2.75, 3.05) is 20.1 Å². The molecule has 0 spiro atoms. The number of benzene rings is 1. The number of carbonyl (C=O) groups is 1. The van der Waals surface area contributed by atoms with E-state index in [1.807, 2.05) is 38.2 Å². The molecule has 1 atom stereocenters. The van der Waals surface area contributed by atoms with Crippen molar-refractivity contribution in [3.8, 4) is 5.75 Å². The molecule has 1 rings (SSSR count). The Morgan fingerprint density at radius 3 is 2.75 bits per heavy atom. The van der Waals surface area contributed by atoms with Crippen LogP contribution in [0.15, 0.2) is 24.3 Å². The first-order chi connectivity index (χ1) is 9.67. The van der Waals surface area contributed by atoms with Crippen LogP contribution in [0.3, 0.4) is 0 Å². The summed E-state index contributed by atoms with van der Waals surface area (Å²) in [5.41, 5.74) is 1.12. The van der Waals surface area contributed by atoms with Gasteiger partial charge in [0, 0.05) is 6.42 Å². The number of hydrogen-bond acceptors (Lipinski definition) is 3. The lowest BCUT2D eigenvalue weighted by molar-refractivity contribution is -0.121. The van der Waals surface area contributed by atoms with Crippen LogP contribution in [-0.4, -0.2) is 32.1 Å². The second kappa shape index (κ2) is 9.37. The van der Waals surface area contributed by atoms with Crippen molar-refractivity contribution in [2.45, 2.75) is 39.2 Å². The van der Waals surface area contributed by atoms with Crippen molar-refractivity contribution in [1.29, 1.82) is 0 Å². The van der Waals surface area contributed by atoms with Crippen LogP contribution in [-0.2, 0) is 4.79 Å². The quantitative estimate of drug-likeness (QED) is 0.681. The van der Waals surface area contributed by atoms with Gasteiger partial charge in [-0.15, -0.1) is 0 Å². The molecule has 1 aromatic carbocycles. The number of aryl methyl sites for hydroxylation is 1. The highest BCUT2D eigenvalue weighted by Gasteiger charge is 2.11. The number of para-hydroxylation sites is 1. The van der Waals surface area contributed by atoms with Crippen LogP contribution in [0.1, 0.15) is 31.7 Å². The predicted molar refractivity (Wildman–Crippen MR) is 82.1 cm³/mol. The van der Waals surface area contributed by atoms with Crippen molar-refractivity contribution in [3.63, 3.8) is 0 Å². The fourth-order valence-corrected chi connectivity index (χ4v) is 1.88. The number of ether oxygens (including phenoxy) is 1. The van der Waals surface area contributed by atoms with Gasteiger partial charge in [0.15, 0.2) is 0 Å². The van der Waals surface area contributed by atoms with Crippen LogP contribution in [0.25, 0.3) is 0 Å². The van der Waals surface area contributed by atoms with Gasteiger partial charge in [-0.25, -0.2) is 0 Å². The van der Waals surface area contributed by atoms with E-state index in [0.29, 0.717) is 13.0 Å². The SMILES string of the molecule is CCC(CNC(=O)CCCNC)Oc1ccccc1C. The maximum Gasteiger partial charge on any atom is 0.220 e. The topological polar surface area (TPSA) is 50.4 Å². The molecule has 112 valence electrons. The van der Waals surface area contributed by atoms with Crippen LogP contribution in [0.2, 0.25) is 0 Å². The number of hydrogen-bond donors (Lipinski definition) is 2. The summed E-state index contributed by atoms with van der Waals surface area (Å²) in [5, 5.41) is 5.97. The maximum atomic E-state index is 11.7. The summed E-state index contributed by atoms with van der Waals surface area (Å²) in [4.78, 5) is 11.7. The van der Waals surface area contributed by atoms with Gasteiger partial charge in [0.25, 0.3) is 0 Å². The largest absolute Gasteiger partial charge is 0.488 e. The molecule has 1 aromatic rings. The van der Waals surface area contributed by atoms with Gasteiger partial charge in [0.05, 0.1) is 6.54 Å². The number of amides is 1. The minimum absolute atomic E-state index is 0.0179. The van der Waals surface area contributed by atoms with Gasteiger partial charge in [-0.3, -0.25) is 4.79 Å². The molecule has 4 heteroatoms. The van der Waals surface area contributed by atoms with E-state index in [1.54, 1.807) is 0 Å². The van der Waals surface area contributed by atoms with E-state index in [-0.39, 0.29) is 12.0 Å². The zero-order valence-corrected chi connectivity index (χ0v) is 12.7. The Balaban J connectivity index is 2.36. The molecule has 0 aliphatic carbocycles. The molecule has 0 saturated heterocycles. The van der Waals surface area contributed by atoms with E-state index in [0.717, 1.165) is 30.7 Å². The average Bonchev–Trinajstić information content (AvgIpc) is 2.45. The predicted octanol–water partition coefficient (Wildman–Crippen LogP) is 2.27. The molecule has 4 nitrogen and oxygen atoms in total. The summed E-state index contributed by atoms with van der Waals surface area (Å²) >= 11 is 0. The molecule has 0 aromatic heterocycles. The fraction of sp³-hybridized carbons (Fsp3) is 0.562. The highest BCUT2D eigenvalue weighted by molar-refractivity contribution is 5.75. The smallest absolute Gasteiger partial charge is 0.220 e. The molecule has 0 aliphatic heterocycles. The van der Waals surface area contributed by atoms with Gasteiger partial charge in [-0.2, -0.15) is 0 Å². The molecule has 0 aliphatic rings. The minimum Gasteiger partial charge on any atom is -0.488 e. The molecule has 20 heavy (non-hydrogen) atoms. The summed E-state index contributed by atoms with van der Waals surface area (Å²) in [7, 11) is 1.89. The molecule has 0 heterocycles. The number of rotatable bonds is 9. The first-order valence-corrected chi connectivity index (χ1v) is 7.31. The molecule has 0 fully saturated rings. The molecule has 0 radical (unpaired) electrons. The summed E-state index contributed by atoms with van der Waals surface area (Å²) in [5.74, 6) is 0.982. The van der Waals surface area contributed by atoms with Crippen molar-refractivity contribution < 1.29 is 9.53 Å². The zero-order valence-electron chi connectivity index (χ0n) is 12.7. The van der Waals surface area contributed by atoms with Crippen molar-refractivity contribution in [3.05, 3.63) is 29.8 Å². The van der Waals surface area contributed by atoms with E-state index in [4.69, 9.17) is 4.74 Å². The van der Waals surface area contributed by atoms with Crippen molar-refractivity contribution >= 4 is 5.91 Å². The molecule has 0 saturated carbocycles. The van der Waals surface area contributed by atoms with Crippen LogP contribution in [0, 0.1) is 6.92 Å². The van der Waals surface area contributed by atoms with Gasteiger partial charge in [0.2, 0.25) is 5.91 Å². The second-order valence-electron chi connectivity index (χ2n) is 4.92. The summed E-state index contributed by atoms with van der Waals surface area (Å²) in [6, 6.07) is 7.95. The number of carbonyl (C=O) groups excluding carboxylic acids is 1. The van der Waals surface area contributed by atoms with Crippen LogP contribution < -0.4 is 15.4 Å². The highest BCUT2D eigenvalue weighted by Crippen LogP contribution is 2.18. The van der Waals surface area contributed by atoms with E-state index < -0.39 is 0 Å². The standard InChI is InChI=1S/C16H26N2O2/c1-4-14(12-18-16(19)10-7-11-17-3)20-15-9-6-5-8-13(15)2/h5-6,8-9,14,17H,4,7,10-12H2,1-3H3,(H,18,19). The highest BCUT2D eigenvalue weighted by atomic mass is 16.5. The van der Waals surface area contributed by atoms with Crippen molar-refractivity contribution in [1.82, 2.24) is 10.6 Å². The molecular formula is C16H26N2O2. The van der Waals surface area contributed by atoms with Gasteiger partial charge < -0.3 is 15.4 Å². The lowest BCUT2D eigenvalue weighted by Crippen LogP contribution is -2.35. The normalized spacial score (nSPS) is 11.9. The third-order valence-corrected chi connectivity index (χ3v) is 3.20. The summed E-state index contributed by atoms with van der Waals surface area (Å²) < 4.78 is 5.94. The van der Waals surface area contributed by atoms with E-state index in [9.17, 15) is 4.79 Å². The fourth-order valence-electron chi connectivity index (χ4n) is 1.88. The molecule has 1 amide bonds. The zero-order chi connectivity index (χ0) is 14.8. The van der Waals surface area contributed by atoms with Gasteiger partial charge in [-0.1, -0.05) is 25.1 Å². The molecular weight excluding hydrogens is 252 g/mol. The lowest BCUT2D eigenvalue weighted by atomic mass is 10.2. The Morgan fingerprint density at radius 2 is 2.10 bits per heavy atom. The van der Waals surface area contributed by atoms with Gasteiger partial charge in [0.1, 0.15) is 11.9 Å². The Hall–Kier alpha value is -1.55. The van der Waals surface area contributed by atoms with Crippen LogP contribution >= 0.6 is 0 Å². The summed E-state index contributed by atoms with van der Waals surface area (Å²) in [6.45, 7) is 5.52. The Kier molecular flexibility index (Phi) is 7.73. The average molecular weight is 278 g/mol. The Bertz CT molecular complexity index is 407. The lowest BCUT2D eigenvalue weighted by Gasteiger charge is -2.19. The van der Waals surface area contributed by atoms with E-state index in [1.165, 1.54) is 0 Å². The van der Waals surface area contributed by atoms with Crippen molar-refractivity contribution in [2.24, 2.45) is 0 Å². The van der Waals surface area contributed by atoms with Crippen LogP contribution in [0.4, 0.5) is 0 Å². The third-order valence-electron chi connectivity index (χ3n) is 3.20. The third kappa shape index (κ3) is 6.06. The van der Waals surface area contributed by atoms with E-state index >= 15 is 0 Å². The van der Waals surface area contributed by atoms with Crippen LogP contribution in [0.5, 0.6) is 5.75 Å². The molecule has 1 unspecified atom stereocenters. The van der Waals surface area contributed by atoms with Gasteiger partial charge in [-0.05, 0) is 45.0 Å². The Morgan fingerprint density at radius 1 is 1.35 bits per heavy atom. The Labute approximate surface area is 121 Å². The van der Waals surface area contributed by atoms with Gasteiger partial charge >= 0.3 is 0 Å². The number of nitrogens with one attached hydrogen (secondary N) is 2. The summed E-state index contributed by atoms with van der Waals surface area (Å²) in [6.07, 6.45) is 2.30. The molecule has 0 bridgehead atoms. The maximum absolute atomic E-state index is 11.7. The minimum atomic E-state index is 0.0179. The first-order valence-electron chi connectivity index (χ1n) is 7.31. The first kappa shape index (κ1) is 16.5. The monoisotopic (exact) mass is 278 g/mol. The molecule has 2 N–H and O–H groups in total.